The standard InChI is InChI=1S/C22H20N2O6/c1-4-30-22(27)17-12-23-18-10-7-14(21(26)29-3)11-16(18)19(17)24-15-8-5-13(6-9-15)20(25)28-2/h5-12H,4H2,1-3H3,(H,23,24). The van der Waals surface area contributed by atoms with E-state index >= 15 is 0 Å². The number of pyridine rings is 1. The molecule has 0 unspecified atom stereocenters. The number of aromatic nitrogens is 1. The van der Waals surface area contributed by atoms with Crippen LogP contribution in [0.1, 0.15) is 38.0 Å². The van der Waals surface area contributed by atoms with Gasteiger partial charge in [-0.3, -0.25) is 4.98 Å². The fourth-order valence-corrected chi connectivity index (χ4v) is 2.89. The van der Waals surface area contributed by atoms with Gasteiger partial charge in [0, 0.05) is 17.3 Å². The lowest BCUT2D eigenvalue weighted by Crippen LogP contribution is -2.10. The van der Waals surface area contributed by atoms with Crippen LogP contribution in [0.4, 0.5) is 11.4 Å². The Labute approximate surface area is 172 Å². The first-order chi connectivity index (χ1) is 14.5. The molecule has 8 nitrogen and oxygen atoms in total. The molecular weight excluding hydrogens is 388 g/mol. The number of rotatable bonds is 6. The number of fused-ring (bicyclic) bond motifs is 1. The van der Waals surface area contributed by atoms with Gasteiger partial charge in [-0.2, -0.15) is 0 Å². The Morgan fingerprint density at radius 3 is 2.17 bits per heavy atom. The SMILES string of the molecule is CCOC(=O)c1cnc2ccc(C(=O)OC)cc2c1Nc1ccc(C(=O)OC)cc1. The lowest BCUT2D eigenvalue weighted by Gasteiger charge is -2.15. The molecular formula is C22H20N2O6. The summed E-state index contributed by atoms with van der Waals surface area (Å²) in [5.74, 6) is -1.51. The summed E-state index contributed by atoms with van der Waals surface area (Å²) < 4.78 is 14.6. The number of carbonyl (C=O) groups excluding carboxylic acids is 3. The Morgan fingerprint density at radius 1 is 0.900 bits per heavy atom. The van der Waals surface area contributed by atoms with E-state index in [1.807, 2.05) is 0 Å². The van der Waals surface area contributed by atoms with Crippen molar-refractivity contribution in [1.82, 2.24) is 4.98 Å². The van der Waals surface area contributed by atoms with Gasteiger partial charge >= 0.3 is 17.9 Å². The molecule has 3 aromatic rings. The monoisotopic (exact) mass is 408 g/mol. The van der Waals surface area contributed by atoms with E-state index in [4.69, 9.17) is 14.2 Å². The van der Waals surface area contributed by atoms with Crippen molar-refractivity contribution in [3.05, 3.63) is 65.4 Å². The average Bonchev–Trinajstić information content (AvgIpc) is 2.78. The van der Waals surface area contributed by atoms with Crippen LogP contribution >= 0.6 is 0 Å². The van der Waals surface area contributed by atoms with Crippen molar-refractivity contribution >= 4 is 40.2 Å². The number of methoxy groups -OCH3 is 2. The number of esters is 3. The predicted octanol–water partition coefficient (Wildman–Crippen LogP) is 3.73. The Hall–Kier alpha value is -3.94. The zero-order valence-corrected chi connectivity index (χ0v) is 16.7. The highest BCUT2D eigenvalue weighted by molar-refractivity contribution is 6.07. The maximum absolute atomic E-state index is 12.5. The summed E-state index contributed by atoms with van der Waals surface area (Å²) in [6, 6.07) is 11.4. The molecule has 30 heavy (non-hydrogen) atoms. The van der Waals surface area contributed by atoms with Crippen LogP contribution in [0.25, 0.3) is 10.9 Å². The van der Waals surface area contributed by atoms with Crippen molar-refractivity contribution in [1.29, 1.82) is 0 Å². The summed E-state index contributed by atoms with van der Waals surface area (Å²) in [6.45, 7) is 1.91. The summed E-state index contributed by atoms with van der Waals surface area (Å²) in [5, 5.41) is 3.72. The fraction of sp³-hybridized carbons (Fsp3) is 0.182. The highest BCUT2D eigenvalue weighted by Crippen LogP contribution is 2.31. The Balaban J connectivity index is 2.12. The molecule has 0 aliphatic rings. The number of carbonyl (C=O) groups is 3. The van der Waals surface area contributed by atoms with Gasteiger partial charge in [-0.15, -0.1) is 0 Å². The zero-order valence-electron chi connectivity index (χ0n) is 16.7. The minimum absolute atomic E-state index is 0.201. The highest BCUT2D eigenvalue weighted by Gasteiger charge is 2.19. The average molecular weight is 408 g/mol. The van der Waals surface area contributed by atoms with E-state index in [2.05, 4.69) is 10.3 Å². The minimum Gasteiger partial charge on any atom is -0.465 e. The molecule has 0 bridgehead atoms. The second-order valence-electron chi connectivity index (χ2n) is 6.18. The van der Waals surface area contributed by atoms with Crippen molar-refractivity contribution in [2.75, 3.05) is 26.1 Å². The van der Waals surface area contributed by atoms with Gasteiger partial charge in [-0.1, -0.05) is 0 Å². The van der Waals surface area contributed by atoms with Crippen LogP contribution in [-0.2, 0) is 14.2 Å². The number of benzene rings is 2. The van der Waals surface area contributed by atoms with E-state index in [0.717, 1.165) is 0 Å². The third kappa shape index (κ3) is 4.22. The van der Waals surface area contributed by atoms with Crippen LogP contribution in [0.5, 0.6) is 0 Å². The molecule has 1 heterocycles. The van der Waals surface area contributed by atoms with Gasteiger partial charge < -0.3 is 19.5 Å². The molecule has 1 N–H and O–H groups in total. The molecule has 8 heteroatoms. The summed E-state index contributed by atoms with van der Waals surface area (Å²) >= 11 is 0. The molecule has 0 saturated heterocycles. The molecule has 1 aromatic heterocycles. The van der Waals surface area contributed by atoms with E-state index in [-0.39, 0.29) is 12.2 Å². The molecule has 3 rings (SSSR count). The predicted molar refractivity (Wildman–Crippen MR) is 110 cm³/mol. The number of nitrogens with one attached hydrogen (secondary N) is 1. The van der Waals surface area contributed by atoms with Gasteiger partial charge in [0.15, 0.2) is 0 Å². The first-order valence-electron chi connectivity index (χ1n) is 9.12. The van der Waals surface area contributed by atoms with Gasteiger partial charge in [0.2, 0.25) is 0 Å². The zero-order chi connectivity index (χ0) is 21.7. The van der Waals surface area contributed by atoms with Crippen LogP contribution in [-0.4, -0.2) is 43.7 Å². The topological polar surface area (TPSA) is 104 Å². The van der Waals surface area contributed by atoms with E-state index in [0.29, 0.717) is 33.4 Å². The van der Waals surface area contributed by atoms with Crippen molar-refractivity contribution < 1.29 is 28.6 Å². The van der Waals surface area contributed by atoms with Crippen molar-refractivity contribution in [3.8, 4) is 0 Å². The van der Waals surface area contributed by atoms with E-state index in [1.54, 1.807) is 49.4 Å². The summed E-state index contributed by atoms with van der Waals surface area (Å²) in [7, 11) is 2.60. The molecule has 0 radical (unpaired) electrons. The molecule has 0 amide bonds. The number of nitrogens with zero attached hydrogens (tertiary/aromatic N) is 1. The number of ether oxygens (including phenoxy) is 3. The largest absolute Gasteiger partial charge is 0.465 e. The lowest BCUT2D eigenvalue weighted by molar-refractivity contribution is 0.0525. The number of hydrogen-bond donors (Lipinski definition) is 1. The van der Waals surface area contributed by atoms with Gasteiger partial charge in [-0.25, -0.2) is 14.4 Å². The first kappa shape index (κ1) is 20.8. The van der Waals surface area contributed by atoms with Crippen molar-refractivity contribution in [2.24, 2.45) is 0 Å². The minimum atomic E-state index is -0.552. The van der Waals surface area contributed by atoms with Crippen LogP contribution in [0.3, 0.4) is 0 Å². The quantitative estimate of drug-likeness (QED) is 0.486. The first-order valence-corrected chi connectivity index (χ1v) is 9.12. The number of hydrogen-bond acceptors (Lipinski definition) is 8. The smallest absolute Gasteiger partial charge is 0.341 e. The van der Waals surface area contributed by atoms with Crippen LogP contribution < -0.4 is 5.32 Å². The van der Waals surface area contributed by atoms with Crippen molar-refractivity contribution in [3.63, 3.8) is 0 Å². The molecule has 154 valence electrons. The molecule has 0 spiro atoms. The van der Waals surface area contributed by atoms with Gasteiger partial charge in [0.05, 0.1) is 43.2 Å². The fourth-order valence-electron chi connectivity index (χ4n) is 2.89. The van der Waals surface area contributed by atoms with Gasteiger partial charge in [0.25, 0.3) is 0 Å². The molecule has 0 atom stereocenters. The molecule has 0 aliphatic carbocycles. The van der Waals surface area contributed by atoms with E-state index < -0.39 is 17.9 Å². The van der Waals surface area contributed by atoms with Gasteiger partial charge in [-0.05, 0) is 49.4 Å². The second kappa shape index (κ2) is 9.04. The second-order valence-corrected chi connectivity index (χ2v) is 6.18. The molecule has 0 saturated carbocycles. The summed E-state index contributed by atoms with van der Waals surface area (Å²) in [5.41, 5.74) is 2.53. The van der Waals surface area contributed by atoms with Crippen molar-refractivity contribution in [2.45, 2.75) is 6.92 Å². The van der Waals surface area contributed by atoms with Gasteiger partial charge in [0.1, 0.15) is 5.56 Å². The number of anilines is 2. The maximum Gasteiger partial charge on any atom is 0.341 e. The van der Waals surface area contributed by atoms with Crippen LogP contribution in [0.2, 0.25) is 0 Å². The normalized spacial score (nSPS) is 10.4. The van der Waals surface area contributed by atoms with Crippen LogP contribution in [0.15, 0.2) is 48.7 Å². The Kier molecular flexibility index (Phi) is 6.26. The maximum atomic E-state index is 12.5. The summed E-state index contributed by atoms with van der Waals surface area (Å²) in [4.78, 5) is 40.4. The third-order valence-corrected chi connectivity index (χ3v) is 4.36. The lowest BCUT2D eigenvalue weighted by atomic mass is 10.1. The van der Waals surface area contributed by atoms with Crippen LogP contribution in [0, 0.1) is 0 Å². The Bertz CT molecular complexity index is 1110. The molecule has 2 aromatic carbocycles. The summed E-state index contributed by atoms with van der Waals surface area (Å²) in [6.07, 6.45) is 1.42. The molecule has 0 fully saturated rings. The molecule has 0 aliphatic heterocycles. The van der Waals surface area contributed by atoms with E-state index in [1.165, 1.54) is 20.4 Å². The highest BCUT2D eigenvalue weighted by atomic mass is 16.5. The third-order valence-electron chi connectivity index (χ3n) is 4.36. The Morgan fingerprint density at radius 2 is 1.53 bits per heavy atom. The van der Waals surface area contributed by atoms with E-state index in [9.17, 15) is 14.4 Å².